The first-order chi connectivity index (χ1) is 11.5. The van der Waals surface area contributed by atoms with Crippen molar-refractivity contribution in [3.63, 3.8) is 0 Å². The summed E-state index contributed by atoms with van der Waals surface area (Å²) >= 11 is 1.52. The maximum atomic E-state index is 12.8. The van der Waals surface area contributed by atoms with E-state index in [2.05, 4.69) is 0 Å². The molecule has 2 aromatic carbocycles. The van der Waals surface area contributed by atoms with E-state index in [1.54, 1.807) is 50.4 Å². The van der Waals surface area contributed by atoms with Gasteiger partial charge in [-0.2, -0.15) is 0 Å². The van der Waals surface area contributed by atoms with Crippen molar-refractivity contribution in [3.8, 4) is 17.2 Å². The fraction of sp³-hybridized carbons (Fsp3) is 0.278. The smallest absolute Gasteiger partial charge is 0.206 e. The number of nitrogens with two attached hydrogens (primary N) is 1. The molecule has 0 aliphatic rings. The average molecular weight is 347 g/mol. The molecule has 0 saturated heterocycles. The number of nitrogen functional groups attached to an aromatic ring is 1. The number of ether oxygens (including phenoxy) is 3. The summed E-state index contributed by atoms with van der Waals surface area (Å²) in [6.45, 7) is 1.69. The van der Waals surface area contributed by atoms with Gasteiger partial charge in [-0.25, -0.2) is 0 Å². The first kappa shape index (κ1) is 18.0. The van der Waals surface area contributed by atoms with E-state index in [-0.39, 0.29) is 5.78 Å². The summed E-state index contributed by atoms with van der Waals surface area (Å²) in [5.74, 6) is 1.47. The Morgan fingerprint density at radius 3 is 2.42 bits per heavy atom. The third kappa shape index (κ3) is 3.94. The van der Waals surface area contributed by atoms with Crippen molar-refractivity contribution in [1.29, 1.82) is 0 Å². The van der Waals surface area contributed by atoms with Crippen LogP contribution in [-0.2, 0) is 0 Å². The highest BCUT2D eigenvalue weighted by atomic mass is 32.2. The Bertz CT molecular complexity index is 733. The van der Waals surface area contributed by atoms with E-state index in [0.29, 0.717) is 28.5 Å². The van der Waals surface area contributed by atoms with Crippen LogP contribution in [0.25, 0.3) is 0 Å². The van der Waals surface area contributed by atoms with E-state index in [1.165, 1.54) is 18.9 Å². The number of hydrogen-bond acceptors (Lipinski definition) is 6. The molecule has 24 heavy (non-hydrogen) atoms. The third-order valence-electron chi connectivity index (χ3n) is 3.51. The van der Waals surface area contributed by atoms with Crippen molar-refractivity contribution < 1.29 is 19.0 Å². The molecule has 0 bridgehead atoms. The van der Waals surface area contributed by atoms with Gasteiger partial charge in [0, 0.05) is 11.8 Å². The van der Waals surface area contributed by atoms with Crippen LogP contribution in [0.4, 0.5) is 5.69 Å². The largest absolute Gasteiger partial charge is 0.496 e. The zero-order chi connectivity index (χ0) is 17.7. The first-order valence-corrected chi connectivity index (χ1v) is 8.59. The van der Waals surface area contributed by atoms with Gasteiger partial charge in [0.2, 0.25) is 5.78 Å². The molecule has 0 aromatic heterocycles. The van der Waals surface area contributed by atoms with Crippen LogP contribution < -0.4 is 19.9 Å². The number of rotatable bonds is 7. The predicted molar refractivity (Wildman–Crippen MR) is 96.6 cm³/mol. The molecular weight excluding hydrogens is 326 g/mol. The van der Waals surface area contributed by atoms with E-state index < -0.39 is 6.10 Å². The van der Waals surface area contributed by atoms with Gasteiger partial charge in [0.25, 0.3) is 0 Å². The van der Waals surface area contributed by atoms with E-state index >= 15 is 0 Å². The summed E-state index contributed by atoms with van der Waals surface area (Å²) < 4.78 is 16.4. The first-order valence-electron chi connectivity index (χ1n) is 7.36. The van der Waals surface area contributed by atoms with Crippen molar-refractivity contribution >= 4 is 23.2 Å². The normalized spacial score (nSPS) is 11.7. The molecule has 0 heterocycles. The van der Waals surface area contributed by atoms with Crippen LogP contribution in [0.1, 0.15) is 17.3 Å². The molecule has 1 atom stereocenters. The highest BCUT2D eigenvalue weighted by Crippen LogP contribution is 2.35. The monoisotopic (exact) mass is 347 g/mol. The van der Waals surface area contributed by atoms with Gasteiger partial charge >= 0.3 is 0 Å². The zero-order valence-electron chi connectivity index (χ0n) is 14.2. The lowest BCUT2D eigenvalue weighted by molar-refractivity contribution is 0.0814. The Labute approximate surface area is 146 Å². The molecule has 0 aliphatic heterocycles. The SMILES string of the molecule is COc1cc(C(=O)C(C)Oc2cccc(N)c2)c(OC)cc1SC. The highest BCUT2D eigenvalue weighted by Gasteiger charge is 2.23. The van der Waals surface area contributed by atoms with E-state index in [4.69, 9.17) is 19.9 Å². The summed E-state index contributed by atoms with van der Waals surface area (Å²) in [5.41, 5.74) is 6.73. The van der Waals surface area contributed by atoms with Gasteiger partial charge in [0.15, 0.2) is 6.10 Å². The predicted octanol–water partition coefficient (Wildman–Crippen LogP) is 3.66. The minimum absolute atomic E-state index is 0.194. The Balaban J connectivity index is 2.30. The number of methoxy groups -OCH3 is 2. The molecule has 2 N–H and O–H groups in total. The average Bonchev–Trinajstić information content (AvgIpc) is 2.59. The van der Waals surface area contributed by atoms with Crippen LogP contribution in [0.2, 0.25) is 0 Å². The van der Waals surface area contributed by atoms with Crippen molar-refractivity contribution in [2.75, 3.05) is 26.2 Å². The fourth-order valence-electron chi connectivity index (χ4n) is 2.29. The van der Waals surface area contributed by atoms with Gasteiger partial charge in [0.1, 0.15) is 17.2 Å². The number of benzene rings is 2. The molecule has 0 saturated carbocycles. The van der Waals surface area contributed by atoms with Gasteiger partial charge in [-0.3, -0.25) is 4.79 Å². The number of ketones is 1. The summed E-state index contributed by atoms with van der Waals surface area (Å²) in [4.78, 5) is 13.7. The zero-order valence-corrected chi connectivity index (χ0v) is 15.0. The van der Waals surface area contributed by atoms with Gasteiger partial charge < -0.3 is 19.9 Å². The molecule has 5 nitrogen and oxygen atoms in total. The van der Waals surface area contributed by atoms with Crippen LogP contribution in [0, 0.1) is 0 Å². The van der Waals surface area contributed by atoms with Crippen LogP contribution in [0.5, 0.6) is 17.2 Å². The van der Waals surface area contributed by atoms with E-state index in [9.17, 15) is 4.79 Å². The summed E-state index contributed by atoms with van der Waals surface area (Å²) in [7, 11) is 3.11. The molecule has 1 unspecified atom stereocenters. The lowest BCUT2D eigenvalue weighted by Gasteiger charge is -2.17. The highest BCUT2D eigenvalue weighted by molar-refractivity contribution is 7.98. The van der Waals surface area contributed by atoms with Crippen molar-refractivity contribution in [2.24, 2.45) is 0 Å². The molecule has 0 radical (unpaired) electrons. The molecule has 0 spiro atoms. The summed E-state index contributed by atoms with van der Waals surface area (Å²) in [6.07, 6.45) is 1.25. The Morgan fingerprint density at radius 1 is 1.12 bits per heavy atom. The standard InChI is InChI=1S/C18H21NO4S/c1-11(23-13-7-5-6-12(19)8-13)18(20)14-9-16(22-3)17(24-4)10-15(14)21-2/h5-11H,19H2,1-4H3. The maximum Gasteiger partial charge on any atom is 0.206 e. The number of Topliss-reactive ketones (excluding diaryl/α,β-unsaturated/α-hetero) is 1. The van der Waals surface area contributed by atoms with Crippen LogP contribution in [-0.4, -0.2) is 32.4 Å². The van der Waals surface area contributed by atoms with E-state index in [1.807, 2.05) is 6.26 Å². The van der Waals surface area contributed by atoms with Gasteiger partial charge in [-0.15, -0.1) is 11.8 Å². The molecule has 2 aromatic rings. The minimum atomic E-state index is -0.689. The molecule has 6 heteroatoms. The molecule has 128 valence electrons. The second-order valence-corrected chi connectivity index (χ2v) is 5.95. The van der Waals surface area contributed by atoms with Gasteiger partial charge in [-0.1, -0.05) is 6.07 Å². The number of carbonyl (C=O) groups is 1. The Hall–Kier alpha value is -2.34. The minimum Gasteiger partial charge on any atom is -0.496 e. The fourth-order valence-corrected chi connectivity index (χ4v) is 2.85. The molecular formula is C18H21NO4S. The maximum absolute atomic E-state index is 12.8. The summed E-state index contributed by atoms with van der Waals surface area (Å²) in [6, 6.07) is 10.5. The summed E-state index contributed by atoms with van der Waals surface area (Å²) in [5, 5.41) is 0. The van der Waals surface area contributed by atoms with Crippen molar-refractivity contribution in [2.45, 2.75) is 17.9 Å². The topological polar surface area (TPSA) is 70.8 Å². The quantitative estimate of drug-likeness (QED) is 0.468. The van der Waals surface area contributed by atoms with Gasteiger partial charge in [-0.05, 0) is 37.4 Å². The van der Waals surface area contributed by atoms with Crippen LogP contribution in [0.15, 0.2) is 41.3 Å². The lowest BCUT2D eigenvalue weighted by Crippen LogP contribution is -2.24. The number of thioether (sulfide) groups is 1. The Morgan fingerprint density at radius 2 is 1.83 bits per heavy atom. The van der Waals surface area contributed by atoms with Crippen LogP contribution >= 0.6 is 11.8 Å². The molecule has 0 aliphatic carbocycles. The Kier molecular flexibility index (Phi) is 5.98. The molecule has 2 rings (SSSR count). The van der Waals surface area contributed by atoms with Crippen molar-refractivity contribution in [3.05, 3.63) is 42.0 Å². The van der Waals surface area contributed by atoms with E-state index in [0.717, 1.165) is 4.90 Å². The molecule has 0 amide bonds. The third-order valence-corrected chi connectivity index (χ3v) is 4.27. The van der Waals surface area contributed by atoms with Crippen molar-refractivity contribution in [1.82, 2.24) is 0 Å². The number of anilines is 1. The second kappa shape index (κ2) is 7.97. The van der Waals surface area contributed by atoms with Crippen LogP contribution in [0.3, 0.4) is 0 Å². The van der Waals surface area contributed by atoms with Gasteiger partial charge in [0.05, 0.1) is 24.7 Å². The lowest BCUT2D eigenvalue weighted by atomic mass is 10.1. The number of carbonyl (C=O) groups excluding carboxylic acids is 1. The number of hydrogen-bond donors (Lipinski definition) is 1. The second-order valence-electron chi connectivity index (χ2n) is 5.10. The molecule has 0 fully saturated rings.